The van der Waals surface area contributed by atoms with Crippen molar-refractivity contribution in [1.29, 1.82) is 0 Å². The third kappa shape index (κ3) is 4.09. The van der Waals surface area contributed by atoms with Crippen LogP contribution in [0, 0.1) is 6.92 Å². The molecule has 0 fully saturated rings. The van der Waals surface area contributed by atoms with Crippen molar-refractivity contribution in [3.8, 4) is 0 Å². The summed E-state index contributed by atoms with van der Waals surface area (Å²) in [6.45, 7) is 4.95. The first kappa shape index (κ1) is 20.6. The van der Waals surface area contributed by atoms with Crippen molar-refractivity contribution in [3.63, 3.8) is 0 Å². The first-order valence-corrected chi connectivity index (χ1v) is 11.5. The van der Waals surface area contributed by atoms with Crippen molar-refractivity contribution in [3.05, 3.63) is 87.6 Å². The predicted molar refractivity (Wildman–Crippen MR) is 122 cm³/mol. The molecule has 164 valence electrons. The SMILES string of the molecule is Cc1ncsc1CN1CCn2cc(C(=O)NCc3cnn(C)c3)nc2C1c1ccccc1. The van der Waals surface area contributed by atoms with E-state index in [1.54, 1.807) is 22.2 Å². The molecular weight excluding hydrogens is 422 g/mol. The number of benzene rings is 1. The van der Waals surface area contributed by atoms with Crippen LogP contribution in [-0.4, -0.2) is 41.7 Å². The van der Waals surface area contributed by atoms with Crippen molar-refractivity contribution < 1.29 is 4.79 Å². The summed E-state index contributed by atoms with van der Waals surface area (Å²) in [7, 11) is 1.86. The summed E-state index contributed by atoms with van der Waals surface area (Å²) in [4.78, 5) is 25.7. The van der Waals surface area contributed by atoms with Gasteiger partial charge in [-0.2, -0.15) is 5.10 Å². The minimum atomic E-state index is -0.174. The lowest BCUT2D eigenvalue weighted by Crippen LogP contribution is -2.38. The predicted octanol–water partition coefficient (Wildman–Crippen LogP) is 2.92. The highest BCUT2D eigenvalue weighted by molar-refractivity contribution is 7.09. The molecule has 1 amide bonds. The molecule has 0 bridgehead atoms. The Bertz CT molecular complexity index is 1230. The molecule has 0 aliphatic carbocycles. The third-order valence-electron chi connectivity index (χ3n) is 5.80. The Morgan fingerprint density at radius 3 is 2.78 bits per heavy atom. The van der Waals surface area contributed by atoms with E-state index in [2.05, 4.69) is 56.1 Å². The summed E-state index contributed by atoms with van der Waals surface area (Å²) < 4.78 is 3.84. The van der Waals surface area contributed by atoms with Gasteiger partial charge in [0.15, 0.2) is 0 Å². The van der Waals surface area contributed by atoms with Gasteiger partial charge in [0.25, 0.3) is 5.91 Å². The fourth-order valence-corrected chi connectivity index (χ4v) is 4.93. The normalized spacial score (nSPS) is 16.1. The van der Waals surface area contributed by atoms with Crippen LogP contribution < -0.4 is 5.32 Å². The molecule has 32 heavy (non-hydrogen) atoms. The number of nitrogens with zero attached hydrogens (tertiary/aromatic N) is 6. The van der Waals surface area contributed by atoms with Crippen LogP contribution in [0.15, 0.2) is 54.4 Å². The van der Waals surface area contributed by atoms with Gasteiger partial charge in [-0.15, -0.1) is 11.3 Å². The molecule has 3 aromatic heterocycles. The molecule has 1 aliphatic rings. The first-order chi connectivity index (χ1) is 15.6. The smallest absolute Gasteiger partial charge is 0.271 e. The summed E-state index contributed by atoms with van der Waals surface area (Å²) in [5, 5.41) is 7.10. The van der Waals surface area contributed by atoms with Gasteiger partial charge in [-0.1, -0.05) is 30.3 Å². The van der Waals surface area contributed by atoms with Gasteiger partial charge in [-0.25, -0.2) is 9.97 Å². The summed E-state index contributed by atoms with van der Waals surface area (Å²) in [6.07, 6.45) is 5.52. The molecule has 4 heterocycles. The van der Waals surface area contributed by atoms with Crippen molar-refractivity contribution in [2.75, 3.05) is 6.54 Å². The Morgan fingerprint density at radius 2 is 2.06 bits per heavy atom. The number of nitrogens with one attached hydrogen (secondary N) is 1. The van der Waals surface area contributed by atoms with E-state index in [0.29, 0.717) is 12.2 Å². The Morgan fingerprint density at radius 1 is 1.22 bits per heavy atom. The number of rotatable bonds is 6. The third-order valence-corrected chi connectivity index (χ3v) is 6.72. The zero-order chi connectivity index (χ0) is 22.1. The lowest BCUT2D eigenvalue weighted by atomic mass is 10.0. The highest BCUT2D eigenvalue weighted by atomic mass is 32.1. The van der Waals surface area contributed by atoms with Crippen LogP contribution in [0.1, 0.15) is 44.1 Å². The van der Waals surface area contributed by atoms with Crippen molar-refractivity contribution in [2.45, 2.75) is 32.6 Å². The molecule has 1 aromatic carbocycles. The largest absolute Gasteiger partial charge is 0.346 e. The van der Waals surface area contributed by atoms with Gasteiger partial charge in [-0.05, 0) is 12.5 Å². The maximum absolute atomic E-state index is 12.8. The van der Waals surface area contributed by atoms with Crippen molar-refractivity contribution in [1.82, 2.24) is 34.5 Å². The van der Waals surface area contributed by atoms with E-state index in [4.69, 9.17) is 4.98 Å². The second kappa shape index (κ2) is 8.68. The molecule has 4 aromatic rings. The summed E-state index contributed by atoms with van der Waals surface area (Å²) in [5.41, 5.74) is 5.55. The molecule has 0 spiro atoms. The number of imidazole rings is 1. The maximum Gasteiger partial charge on any atom is 0.271 e. The zero-order valence-electron chi connectivity index (χ0n) is 18.1. The van der Waals surface area contributed by atoms with E-state index in [-0.39, 0.29) is 11.9 Å². The number of carbonyl (C=O) groups is 1. The summed E-state index contributed by atoms with van der Waals surface area (Å²) in [5.74, 6) is 0.726. The number of carbonyl (C=O) groups excluding carboxylic acids is 1. The number of aromatic nitrogens is 5. The van der Waals surface area contributed by atoms with Gasteiger partial charge < -0.3 is 9.88 Å². The van der Waals surface area contributed by atoms with Gasteiger partial charge in [0.1, 0.15) is 11.5 Å². The van der Waals surface area contributed by atoms with Crippen LogP contribution >= 0.6 is 11.3 Å². The topological polar surface area (TPSA) is 80.9 Å². The number of aryl methyl sites for hydroxylation is 2. The van der Waals surface area contributed by atoms with Gasteiger partial charge in [0, 0.05) is 56.1 Å². The first-order valence-electron chi connectivity index (χ1n) is 10.6. The lowest BCUT2D eigenvalue weighted by molar-refractivity contribution is 0.0946. The average Bonchev–Trinajstić information content (AvgIpc) is 3.53. The number of hydrogen-bond donors (Lipinski definition) is 1. The molecule has 1 unspecified atom stereocenters. The summed E-state index contributed by atoms with van der Waals surface area (Å²) >= 11 is 1.69. The average molecular weight is 448 g/mol. The molecule has 0 saturated carbocycles. The van der Waals surface area contributed by atoms with Crippen LogP contribution in [0.3, 0.4) is 0 Å². The van der Waals surface area contributed by atoms with Gasteiger partial charge in [-0.3, -0.25) is 14.4 Å². The molecule has 1 N–H and O–H groups in total. The van der Waals surface area contributed by atoms with Crippen LogP contribution in [0.2, 0.25) is 0 Å². The lowest BCUT2D eigenvalue weighted by Gasteiger charge is -2.36. The van der Waals surface area contributed by atoms with E-state index in [1.807, 2.05) is 31.0 Å². The fraction of sp³-hybridized carbons (Fsp3) is 0.304. The highest BCUT2D eigenvalue weighted by Crippen LogP contribution is 2.33. The van der Waals surface area contributed by atoms with E-state index in [9.17, 15) is 4.79 Å². The molecule has 0 saturated heterocycles. The fourth-order valence-electron chi connectivity index (χ4n) is 4.13. The zero-order valence-corrected chi connectivity index (χ0v) is 18.9. The molecule has 8 nitrogen and oxygen atoms in total. The van der Waals surface area contributed by atoms with Crippen LogP contribution in [-0.2, 0) is 26.7 Å². The Hall–Kier alpha value is -3.30. The maximum atomic E-state index is 12.8. The molecule has 0 radical (unpaired) electrons. The number of hydrogen-bond acceptors (Lipinski definition) is 6. The Labute approximate surface area is 190 Å². The van der Waals surface area contributed by atoms with E-state index >= 15 is 0 Å². The van der Waals surface area contributed by atoms with Crippen molar-refractivity contribution in [2.24, 2.45) is 7.05 Å². The number of fused-ring (bicyclic) bond motifs is 1. The quantitative estimate of drug-likeness (QED) is 0.492. The molecule has 9 heteroatoms. The van der Waals surface area contributed by atoms with Gasteiger partial charge in [0.2, 0.25) is 0 Å². The minimum Gasteiger partial charge on any atom is -0.346 e. The standard InChI is InChI=1S/C23H25N7OS/c1-16-20(32-15-25-16)14-29-8-9-30-13-19(23(31)24-10-17-11-26-28(2)12-17)27-22(30)21(29)18-6-4-3-5-7-18/h3-7,11-13,15,21H,8-10,14H2,1-2H3,(H,24,31). The second-order valence-electron chi connectivity index (χ2n) is 8.03. The number of amides is 1. The molecule has 5 rings (SSSR count). The second-order valence-corrected chi connectivity index (χ2v) is 8.97. The van der Waals surface area contributed by atoms with Crippen LogP contribution in [0.25, 0.3) is 0 Å². The van der Waals surface area contributed by atoms with Crippen molar-refractivity contribution >= 4 is 17.2 Å². The summed E-state index contributed by atoms with van der Waals surface area (Å²) in [6, 6.07) is 10.4. The van der Waals surface area contributed by atoms with E-state index in [0.717, 1.165) is 36.7 Å². The monoisotopic (exact) mass is 447 g/mol. The molecular formula is C23H25N7OS. The van der Waals surface area contributed by atoms with Gasteiger partial charge in [0.05, 0.1) is 23.4 Å². The van der Waals surface area contributed by atoms with E-state index in [1.165, 1.54) is 10.4 Å². The molecule has 1 aliphatic heterocycles. The molecule has 1 atom stereocenters. The Balaban J connectivity index is 1.42. The van der Waals surface area contributed by atoms with Crippen LogP contribution in [0.4, 0.5) is 0 Å². The number of thiazole rings is 1. The van der Waals surface area contributed by atoms with Gasteiger partial charge >= 0.3 is 0 Å². The van der Waals surface area contributed by atoms with Crippen LogP contribution in [0.5, 0.6) is 0 Å². The Kier molecular flexibility index (Phi) is 5.59. The highest BCUT2D eigenvalue weighted by Gasteiger charge is 2.32. The van der Waals surface area contributed by atoms with E-state index < -0.39 is 0 Å². The minimum absolute atomic E-state index is 0.0219.